The van der Waals surface area contributed by atoms with E-state index >= 15 is 0 Å². The van der Waals surface area contributed by atoms with E-state index in [2.05, 4.69) is 10.6 Å². The smallest absolute Gasteiger partial charge is 0.318 e. The maximum Gasteiger partial charge on any atom is 0.318 e. The highest BCUT2D eigenvalue weighted by Crippen LogP contribution is 2.26. The van der Waals surface area contributed by atoms with Crippen molar-refractivity contribution in [2.24, 2.45) is 5.92 Å². The van der Waals surface area contributed by atoms with Gasteiger partial charge in [-0.15, -0.1) is 0 Å². The molecule has 1 heterocycles. The Morgan fingerprint density at radius 2 is 2.00 bits per heavy atom. The molecule has 5 nitrogen and oxygen atoms in total. The van der Waals surface area contributed by atoms with Crippen LogP contribution >= 0.6 is 0 Å². The molecular formula is C17H23F2N3O2. The lowest BCUT2D eigenvalue weighted by Gasteiger charge is -2.29. The van der Waals surface area contributed by atoms with E-state index < -0.39 is 29.7 Å². The number of urea groups is 1. The molecule has 1 aromatic rings. The number of carbonyl (C=O) groups excluding carboxylic acids is 2. The number of hydrogen-bond donors (Lipinski definition) is 2. The molecule has 1 saturated heterocycles. The average Bonchev–Trinajstić information content (AvgIpc) is 3.01. The van der Waals surface area contributed by atoms with Gasteiger partial charge in [-0.25, -0.2) is 13.6 Å². The van der Waals surface area contributed by atoms with Gasteiger partial charge in [0.25, 0.3) is 0 Å². The predicted octanol–water partition coefficient (Wildman–Crippen LogP) is 2.58. The summed E-state index contributed by atoms with van der Waals surface area (Å²) in [6, 6.07) is 1.78. The molecule has 1 aliphatic heterocycles. The lowest BCUT2D eigenvalue weighted by molar-refractivity contribution is -0.124. The minimum Gasteiger partial charge on any atom is -0.357 e. The Hall–Kier alpha value is -2.18. The first-order valence-corrected chi connectivity index (χ1v) is 8.08. The molecular weight excluding hydrogens is 316 g/mol. The number of amides is 3. The van der Waals surface area contributed by atoms with Gasteiger partial charge in [-0.3, -0.25) is 4.79 Å². The molecule has 0 spiro atoms. The van der Waals surface area contributed by atoms with E-state index in [1.54, 1.807) is 0 Å². The molecule has 2 atom stereocenters. The first-order chi connectivity index (χ1) is 11.3. The molecule has 1 fully saturated rings. The van der Waals surface area contributed by atoms with Crippen molar-refractivity contribution in [2.45, 2.75) is 38.8 Å². The number of hydrogen-bond acceptors (Lipinski definition) is 2. The van der Waals surface area contributed by atoms with Gasteiger partial charge >= 0.3 is 6.03 Å². The van der Waals surface area contributed by atoms with Crippen molar-refractivity contribution < 1.29 is 18.4 Å². The van der Waals surface area contributed by atoms with Crippen molar-refractivity contribution in [3.05, 3.63) is 35.4 Å². The first kappa shape index (κ1) is 18.2. The second-order valence-electron chi connectivity index (χ2n) is 6.30. The minimum absolute atomic E-state index is 0.102. The lowest BCUT2D eigenvalue weighted by Crippen LogP contribution is -2.50. The molecule has 0 bridgehead atoms. The molecule has 0 radical (unpaired) electrons. The fourth-order valence-electron chi connectivity index (χ4n) is 3.02. The van der Waals surface area contributed by atoms with Gasteiger partial charge in [-0.1, -0.05) is 19.9 Å². The van der Waals surface area contributed by atoms with Gasteiger partial charge in [-0.05, 0) is 24.8 Å². The van der Waals surface area contributed by atoms with Gasteiger partial charge in [0, 0.05) is 25.2 Å². The molecule has 1 aromatic carbocycles. The number of nitrogens with zero attached hydrogens (tertiary/aromatic N) is 1. The molecule has 132 valence electrons. The van der Waals surface area contributed by atoms with Crippen molar-refractivity contribution in [3.63, 3.8) is 0 Å². The third-order valence-electron chi connectivity index (χ3n) is 4.31. The van der Waals surface area contributed by atoms with E-state index in [0.717, 1.165) is 12.5 Å². The lowest BCUT2D eigenvalue weighted by atomic mass is 9.95. The second-order valence-corrected chi connectivity index (χ2v) is 6.30. The Morgan fingerprint density at radius 3 is 2.58 bits per heavy atom. The number of rotatable bonds is 4. The predicted molar refractivity (Wildman–Crippen MR) is 86.3 cm³/mol. The van der Waals surface area contributed by atoms with Crippen molar-refractivity contribution >= 4 is 11.9 Å². The fraction of sp³-hybridized carbons (Fsp3) is 0.529. The number of likely N-dealkylation sites (tertiary alicyclic amines) is 1. The molecule has 0 aliphatic carbocycles. The molecule has 7 heteroatoms. The van der Waals surface area contributed by atoms with Gasteiger partial charge in [0.1, 0.15) is 17.7 Å². The average molecular weight is 339 g/mol. The second kappa shape index (κ2) is 7.59. The standard InChI is InChI=1S/C17H23F2N3O2/c1-10(2)15(12-7-6-11(18)9-13(12)19)21-17(24)22-8-4-5-14(22)16(23)20-3/h6-7,9-10,14-15H,4-5,8H2,1-3H3,(H,20,23)(H,21,24)/t14-,15-/m0/s1. The van der Waals surface area contributed by atoms with E-state index in [4.69, 9.17) is 0 Å². The Morgan fingerprint density at radius 1 is 1.29 bits per heavy atom. The van der Waals surface area contributed by atoms with Crippen LogP contribution in [-0.4, -0.2) is 36.5 Å². The van der Waals surface area contributed by atoms with Crippen LogP contribution in [0, 0.1) is 17.6 Å². The van der Waals surface area contributed by atoms with E-state index in [0.29, 0.717) is 13.0 Å². The zero-order chi connectivity index (χ0) is 17.9. The monoisotopic (exact) mass is 339 g/mol. The van der Waals surface area contributed by atoms with E-state index in [1.165, 1.54) is 24.1 Å². The SMILES string of the molecule is CNC(=O)[C@@H]1CCCN1C(=O)N[C@H](c1ccc(F)cc1F)C(C)C. The van der Waals surface area contributed by atoms with Gasteiger partial charge in [0.15, 0.2) is 0 Å². The van der Waals surface area contributed by atoms with Crippen LogP contribution in [0.5, 0.6) is 0 Å². The van der Waals surface area contributed by atoms with Crippen molar-refractivity contribution in [2.75, 3.05) is 13.6 Å². The summed E-state index contributed by atoms with van der Waals surface area (Å²) in [5.74, 6) is -1.67. The topological polar surface area (TPSA) is 61.4 Å². The Balaban J connectivity index is 2.18. The molecule has 2 rings (SSSR count). The molecule has 3 amide bonds. The van der Waals surface area contributed by atoms with Crippen molar-refractivity contribution in [1.29, 1.82) is 0 Å². The molecule has 0 aromatic heterocycles. The molecule has 24 heavy (non-hydrogen) atoms. The third kappa shape index (κ3) is 3.83. The molecule has 1 aliphatic rings. The highest BCUT2D eigenvalue weighted by molar-refractivity contribution is 5.87. The van der Waals surface area contributed by atoms with Crippen LogP contribution in [0.15, 0.2) is 18.2 Å². The van der Waals surface area contributed by atoms with Crippen LogP contribution in [0.4, 0.5) is 13.6 Å². The summed E-state index contributed by atoms with van der Waals surface area (Å²) in [7, 11) is 1.53. The zero-order valence-corrected chi connectivity index (χ0v) is 14.1. The number of likely N-dealkylation sites (N-methyl/N-ethyl adjacent to an activating group) is 1. The summed E-state index contributed by atoms with van der Waals surface area (Å²) >= 11 is 0. The summed E-state index contributed by atoms with van der Waals surface area (Å²) in [6.07, 6.45) is 1.34. The van der Waals surface area contributed by atoms with Crippen LogP contribution in [0.3, 0.4) is 0 Å². The largest absolute Gasteiger partial charge is 0.357 e. The van der Waals surface area contributed by atoms with E-state index in [-0.39, 0.29) is 17.4 Å². The van der Waals surface area contributed by atoms with Crippen LogP contribution in [0.2, 0.25) is 0 Å². The van der Waals surface area contributed by atoms with E-state index in [9.17, 15) is 18.4 Å². The maximum atomic E-state index is 14.1. The van der Waals surface area contributed by atoms with Crippen LogP contribution in [0.1, 0.15) is 38.3 Å². The normalized spacial score (nSPS) is 18.6. The summed E-state index contributed by atoms with van der Waals surface area (Å²) < 4.78 is 27.2. The Bertz CT molecular complexity index is 622. The fourth-order valence-corrected chi connectivity index (χ4v) is 3.02. The van der Waals surface area contributed by atoms with Gasteiger partial charge in [-0.2, -0.15) is 0 Å². The number of carbonyl (C=O) groups is 2. The quantitative estimate of drug-likeness (QED) is 0.886. The summed E-state index contributed by atoms with van der Waals surface area (Å²) in [5, 5.41) is 5.34. The van der Waals surface area contributed by atoms with Crippen molar-refractivity contribution in [3.8, 4) is 0 Å². The Kier molecular flexibility index (Phi) is 5.75. The van der Waals surface area contributed by atoms with Crippen LogP contribution in [0.25, 0.3) is 0 Å². The number of halogens is 2. The zero-order valence-electron chi connectivity index (χ0n) is 14.1. The van der Waals surface area contributed by atoms with Gasteiger partial charge in [0.2, 0.25) is 5.91 Å². The summed E-state index contributed by atoms with van der Waals surface area (Å²) in [6.45, 7) is 4.16. The third-order valence-corrected chi connectivity index (χ3v) is 4.31. The Labute approximate surface area is 140 Å². The molecule has 2 N–H and O–H groups in total. The van der Waals surface area contributed by atoms with Crippen LogP contribution < -0.4 is 10.6 Å². The van der Waals surface area contributed by atoms with Gasteiger partial charge < -0.3 is 15.5 Å². The minimum atomic E-state index is -0.696. The van der Waals surface area contributed by atoms with E-state index in [1.807, 2.05) is 13.8 Å². The highest BCUT2D eigenvalue weighted by Gasteiger charge is 2.35. The number of benzene rings is 1. The van der Waals surface area contributed by atoms with Crippen molar-refractivity contribution in [1.82, 2.24) is 15.5 Å². The first-order valence-electron chi connectivity index (χ1n) is 8.08. The highest BCUT2D eigenvalue weighted by atomic mass is 19.1. The van der Waals surface area contributed by atoms with Crippen LogP contribution in [-0.2, 0) is 4.79 Å². The van der Waals surface area contributed by atoms with Gasteiger partial charge in [0.05, 0.1) is 6.04 Å². The molecule has 0 saturated carbocycles. The maximum absolute atomic E-state index is 14.1. The summed E-state index contributed by atoms with van der Waals surface area (Å²) in [5.41, 5.74) is 0.232. The number of nitrogens with one attached hydrogen (secondary N) is 2. The molecule has 0 unspecified atom stereocenters. The summed E-state index contributed by atoms with van der Waals surface area (Å²) in [4.78, 5) is 25.9.